The molecule has 0 aromatic carbocycles. The number of carbonyl (C=O) groups is 2. The van der Waals surface area contributed by atoms with E-state index >= 15 is 0 Å². The molecule has 2 unspecified atom stereocenters. The molecular weight excluding hydrogens is 354 g/mol. The van der Waals surface area contributed by atoms with E-state index in [0.29, 0.717) is 12.8 Å². The molecule has 0 bridgehead atoms. The van der Waals surface area contributed by atoms with Gasteiger partial charge in [0.1, 0.15) is 0 Å². The van der Waals surface area contributed by atoms with Crippen LogP contribution in [0.5, 0.6) is 0 Å². The summed E-state index contributed by atoms with van der Waals surface area (Å²) in [6.07, 6.45) is 2.45. The molecule has 0 saturated heterocycles. The second kappa shape index (κ2) is 7.42. The summed E-state index contributed by atoms with van der Waals surface area (Å²) in [5.41, 5.74) is -4.95. The maximum absolute atomic E-state index is 11.6. The van der Waals surface area contributed by atoms with Gasteiger partial charge in [-0.05, 0) is 5.92 Å². The molecule has 2 atom stereocenters. The molecule has 1 saturated carbocycles. The van der Waals surface area contributed by atoms with Crippen molar-refractivity contribution in [1.82, 2.24) is 0 Å². The number of carboxylic acids is 2. The first kappa shape index (κ1) is 20.3. The van der Waals surface area contributed by atoms with Crippen molar-refractivity contribution in [3.8, 4) is 0 Å². The average molecular weight is 374 g/mol. The predicted octanol–water partition coefficient (Wildman–Crippen LogP) is 0.445. The van der Waals surface area contributed by atoms with E-state index < -0.39 is 50.3 Å². The largest absolute Gasteiger partial charge is 0.481 e. The van der Waals surface area contributed by atoms with E-state index in [4.69, 9.17) is 10.2 Å². The van der Waals surface area contributed by atoms with Crippen molar-refractivity contribution in [1.29, 1.82) is 0 Å². The van der Waals surface area contributed by atoms with Crippen LogP contribution in [0.4, 0.5) is 0 Å². The zero-order chi connectivity index (χ0) is 18.0. The van der Waals surface area contributed by atoms with Crippen LogP contribution >= 0.6 is 15.2 Å². The van der Waals surface area contributed by atoms with E-state index in [0.717, 1.165) is 6.42 Å². The normalized spacial score (nSPS) is 21.4. The third-order valence-electron chi connectivity index (χ3n) is 4.15. The summed E-state index contributed by atoms with van der Waals surface area (Å²) < 4.78 is 23.2. The fraction of sp³-hybridized carbons (Fsp3) is 0.818. The summed E-state index contributed by atoms with van der Waals surface area (Å²) in [5, 5.41) is 18.3. The quantitative estimate of drug-likeness (QED) is 0.341. The topological polar surface area (TPSA) is 190 Å². The SMILES string of the molecule is O=C(O)C(C(C1CCCCC1)C(C(=O)O)P(=O)(O)O)P(=O)(O)O. The van der Waals surface area contributed by atoms with Gasteiger partial charge in [0.25, 0.3) is 0 Å². The van der Waals surface area contributed by atoms with Crippen LogP contribution in [0.2, 0.25) is 0 Å². The Hall–Kier alpha value is -0.760. The predicted molar refractivity (Wildman–Crippen MR) is 77.0 cm³/mol. The Morgan fingerprint density at radius 1 is 0.783 bits per heavy atom. The van der Waals surface area contributed by atoms with Crippen molar-refractivity contribution < 1.29 is 48.5 Å². The van der Waals surface area contributed by atoms with Gasteiger partial charge in [-0.2, -0.15) is 0 Å². The van der Waals surface area contributed by atoms with Crippen LogP contribution in [0.15, 0.2) is 0 Å². The van der Waals surface area contributed by atoms with Gasteiger partial charge in [-0.25, -0.2) is 0 Å². The summed E-state index contributed by atoms with van der Waals surface area (Å²) >= 11 is 0. The molecule has 6 N–H and O–H groups in total. The highest BCUT2D eigenvalue weighted by molar-refractivity contribution is 7.55. The zero-order valence-corrected chi connectivity index (χ0v) is 13.8. The fourth-order valence-corrected chi connectivity index (χ4v) is 5.71. The van der Waals surface area contributed by atoms with Crippen LogP contribution in [0.1, 0.15) is 32.1 Å². The van der Waals surface area contributed by atoms with Crippen LogP contribution < -0.4 is 0 Å². The Labute approximate surface area is 131 Å². The van der Waals surface area contributed by atoms with Gasteiger partial charge in [-0.3, -0.25) is 18.7 Å². The van der Waals surface area contributed by atoms with E-state index in [1.54, 1.807) is 0 Å². The highest BCUT2D eigenvalue weighted by atomic mass is 31.2. The molecule has 0 aromatic rings. The monoisotopic (exact) mass is 374 g/mol. The van der Waals surface area contributed by atoms with Gasteiger partial charge in [0.2, 0.25) is 0 Å². The van der Waals surface area contributed by atoms with Crippen molar-refractivity contribution in [2.45, 2.75) is 43.4 Å². The third kappa shape index (κ3) is 5.11. The van der Waals surface area contributed by atoms with Gasteiger partial charge >= 0.3 is 27.1 Å². The Bertz CT molecular complexity index is 503. The van der Waals surface area contributed by atoms with E-state index in [-0.39, 0.29) is 12.8 Å². The molecule has 1 rings (SSSR count). The summed E-state index contributed by atoms with van der Waals surface area (Å²) in [4.78, 5) is 60.0. The Morgan fingerprint density at radius 2 is 1.13 bits per heavy atom. The minimum absolute atomic E-state index is 0.262. The number of rotatable bonds is 7. The lowest BCUT2D eigenvalue weighted by Crippen LogP contribution is -2.45. The number of hydrogen-bond donors (Lipinski definition) is 6. The van der Waals surface area contributed by atoms with Crippen LogP contribution in [-0.4, -0.2) is 53.0 Å². The van der Waals surface area contributed by atoms with Gasteiger partial charge in [0, 0.05) is 5.92 Å². The number of hydrogen-bond acceptors (Lipinski definition) is 4. The van der Waals surface area contributed by atoms with Crippen LogP contribution in [0.25, 0.3) is 0 Å². The van der Waals surface area contributed by atoms with Gasteiger partial charge in [0.15, 0.2) is 11.3 Å². The Morgan fingerprint density at radius 3 is 1.39 bits per heavy atom. The minimum atomic E-state index is -5.32. The lowest BCUT2D eigenvalue weighted by Gasteiger charge is -2.37. The highest BCUT2D eigenvalue weighted by Crippen LogP contribution is 2.57. The third-order valence-corrected chi connectivity index (χ3v) is 6.73. The molecule has 23 heavy (non-hydrogen) atoms. The van der Waals surface area contributed by atoms with Crippen LogP contribution in [-0.2, 0) is 18.7 Å². The molecule has 0 spiro atoms. The van der Waals surface area contributed by atoms with Crippen molar-refractivity contribution in [3.05, 3.63) is 0 Å². The highest BCUT2D eigenvalue weighted by Gasteiger charge is 2.56. The molecule has 0 amide bonds. The lowest BCUT2D eigenvalue weighted by molar-refractivity contribution is -0.141. The molecule has 1 aliphatic carbocycles. The van der Waals surface area contributed by atoms with Crippen LogP contribution in [0.3, 0.4) is 0 Å². The first-order valence-corrected chi connectivity index (χ1v) is 10.3. The fourth-order valence-electron chi connectivity index (χ4n) is 3.27. The summed E-state index contributed by atoms with van der Waals surface area (Å²) in [7, 11) is -10.6. The Balaban J connectivity index is 3.46. The van der Waals surface area contributed by atoms with E-state index in [1.807, 2.05) is 0 Å². The molecule has 0 radical (unpaired) electrons. The first-order valence-electron chi connectivity index (χ1n) is 6.93. The second-order valence-corrected chi connectivity index (χ2v) is 9.19. The molecule has 0 aromatic heterocycles. The standard InChI is InChI=1S/C11H20O10P2/c12-10(13)8(22(16,17)18)7(6-4-2-1-3-5-6)9(11(14)15)23(19,20)21/h6-9H,1-5H2,(H,12,13)(H,14,15)(H2,16,17,18)(H2,19,20,21). The molecule has 12 heteroatoms. The van der Waals surface area contributed by atoms with E-state index in [2.05, 4.69) is 0 Å². The first-order chi connectivity index (χ1) is 10.4. The number of aliphatic carboxylic acids is 2. The molecule has 134 valence electrons. The molecule has 1 fully saturated rings. The van der Waals surface area contributed by atoms with E-state index in [9.17, 15) is 38.3 Å². The van der Waals surface area contributed by atoms with Crippen molar-refractivity contribution in [3.63, 3.8) is 0 Å². The summed E-state index contributed by atoms with van der Waals surface area (Å²) in [5.74, 6) is -6.58. The molecule has 10 nitrogen and oxygen atoms in total. The zero-order valence-electron chi connectivity index (χ0n) is 12.1. The van der Waals surface area contributed by atoms with Crippen LogP contribution in [0, 0.1) is 11.8 Å². The molecule has 0 aliphatic heterocycles. The molecular formula is C11H20O10P2. The van der Waals surface area contributed by atoms with Crippen molar-refractivity contribution in [2.75, 3.05) is 0 Å². The van der Waals surface area contributed by atoms with Crippen molar-refractivity contribution in [2.24, 2.45) is 11.8 Å². The number of carboxylic acid groups (broad SMARTS) is 2. The molecule has 0 heterocycles. The average Bonchev–Trinajstić information content (AvgIpc) is 2.34. The van der Waals surface area contributed by atoms with E-state index in [1.165, 1.54) is 0 Å². The maximum atomic E-state index is 11.6. The molecule has 1 aliphatic rings. The summed E-state index contributed by atoms with van der Waals surface area (Å²) in [6, 6.07) is 0. The smallest absolute Gasteiger partial charge is 0.340 e. The maximum Gasteiger partial charge on any atom is 0.340 e. The second-order valence-electron chi connectivity index (χ2n) is 5.72. The van der Waals surface area contributed by atoms with Gasteiger partial charge in [-0.15, -0.1) is 0 Å². The lowest BCUT2D eigenvalue weighted by atomic mass is 9.76. The Kier molecular flexibility index (Phi) is 6.55. The van der Waals surface area contributed by atoms with Gasteiger partial charge < -0.3 is 29.8 Å². The van der Waals surface area contributed by atoms with Gasteiger partial charge in [0.05, 0.1) is 0 Å². The summed E-state index contributed by atoms with van der Waals surface area (Å²) in [6.45, 7) is 0. The minimum Gasteiger partial charge on any atom is -0.481 e. The van der Waals surface area contributed by atoms with Crippen molar-refractivity contribution >= 4 is 27.1 Å². The van der Waals surface area contributed by atoms with Gasteiger partial charge in [-0.1, -0.05) is 32.1 Å².